The quantitative estimate of drug-likeness (QED) is 0.282. The number of anilines is 1. The average molecular weight is 560 g/mol. The number of benzene rings is 3. The molecule has 0 spiro atoms. The van der Waals surface area contributed by atoms with Gasteiger partial charge in [-0.25, -0.2) is 4.68 Å². The van der Waals surface area contributed by atoms with Crippen LogP contribution in [0.25, 0.3) is 21.9 Å². The van der Waals surface area contributed by atoms with Crippen molar-refractivity contribution in [2.45, 2.75) is 19.1 Å². The van der Waals surface area contributed by atoms with Crippen molar-refractivity contribution in [2.75, 3.05) is 12.1 Å². The average Bonchev–Trinajstić information content (AvgIpc) is 3.76. The zero-order valence-corrected chi connectivity index (χ0v) is 22.3. The number of ether oxygens (including phenoxy) is 2. The van der Waals surface area contributed by atoms with Crippen LogP contribution in [-0.2, 0) is 22.7 Å². The number of aromatic amines is 1. The second-order valence-electron chi connectivity index (χ2n) is 9.87. The lowest BCUT2D eigenvalue weighted by Crippen LogP contribution is -2.42. The molecule has 0 saturated heterocycles. The van der Waals surface area contributed by atoms with Gasteiger partial charge in [0.2, 0.25) is 12.7 Å². The summed E-state index contributed by atoms with van der Waals surface area (Å²) in [5.74, 6) is 0.442. The molecule has 0 bridgehead atoms. The van der Waals surface area contributed by atoms with Crippen molar-refractivity contribution in [2.24, 2.45) is 0 Å². The maximum absolute atomic E-state index is 14.3. The Morgan fingerprint density at radius 2 is 1.86 bits per heavy atom. The fourth-order valence-corrected chi connectivity index (χ4v) is 5.22. The molecule has 1 aliphatic rings. The molecule has 2 N–H and O–H groups in total. The number of para-hydroxylation sites is 2. The van der Waals surface area contributed by atoms with Gasteiger partial charge in [0.1, 0.15) is 18.1 Å². The molecule has 3 aromatic carbocycles. The molecule has 4 heterocycles. The topological polar surface area (TPSA) is 127 Å². The number of hydrogen-bond acceptors (Lipinski definition) is 7. The van der Waals surface area contributed by atoms with E-state index < -0.39 is 6.04 Å². The van der Waals surface area contributed by atoms with Crippen LogP contribution in [-0.4, -0.2) is 48.5 Å². The van der Waals surface area contributed by atoms with E-state index in [2.05, 4.69) is 25.6 Å². The molecule has 0 radical (unpaired) electrons. The summed E-state index contributed by atoms with van der Waals surface area (Å²) in [7, 11) is 0. The Morgan fingerprint density at radius 3 is 2.76 bits per heavy atom. The standard InChI is InChI=1S/C31H25N7O4/c39-29(18-38-26-10-4-3-9-25(26)35-36-38)37(17-20-6-5-13-32-15-20)30(23-16-33-24-8-2-1-7-22(23)24)31(40)34-21-11-12-27-28(14-21)42-19-41-27/h1-16,30,33H,17-19H2,(H,34,40)/t30-/m1/s1. The van der Waals surface area contributed by atoms with E-state index in [-0.39, 0.29) is 31.7 Å². The summed E-state index contributed by atoms with van der Waals surface area (Å²) < 4.78 is 12.5. The highest BCUT2D eigenvalue weighted by molar-refractivity contribution is 6.01. The van der Waals surface area contributed by atoms with E-state index in [9.17, 15) is 9.59 Å². The molecule has 2 amide bonds. The number of nitrogens with zero attached hydrogens (tertiary/aromatic N) is 5. The summed E-state index contributed by atoms with van der Waals surface area (Å²) in [6.07, 6.45) is 5.14. The van der Waals surface area contributed by atoms with Crippen LogP contribution < -0.4 is 14.8 Å². The molecular formula is C31H25N7O4. The van der Waals surface area contributed by atoms with Gasteiger partial charge in [0.25, 0.3) is 5.91 Å². The van der Waals surface area contributed by atoms with Crippen molar-refractivity contribution in [3.63, 3.8) is 0 Å². The highest BCUT2D eigenvalue weighted by Crippen LogP contribution is 2.36. The highest BCUT2D eigenvalue weighted by Gasteiger charge is 2.34. The number of aromatic nitrogens is 5. The molecule has 1 atom stereocenters. The monoisotopic (exact) mass is 559 g/mol. The fraction of sp³-hybridized carbons (Fsp3) is 0.129. The van der Waals surface area contributed by atoms with Gasteiger partial charge in [0, 0.05) is 53.4 Å². The van der Waals surface area contributed by atoms with Gasteiger partial charge in [-0.05, 0) is 42.0 Å². The second-order valence-corrected chi connectivity index (χ2v) is 9.87. The van der Waals surface area contributed by atoms with E-state index in [4.69, 9.17) is 9.47 Å². The van der Waals surface area contributed by atoms with Crippen molar-refractivity contribution in [3.05, 3.63) is 109 Å². The minimum atomic E-state index is -1.01. The molecule has 0 unspecified atom stereocenters. The van der Waals surface area contributed by atoms with Crippen LogP contribution in [0.2, 0.25) is 0 Å². The summed E-state index contributed by atoms with van der Waals surface area (Å²) >= 11 is 0. The van der Waals surface area contributed by atoms with Crippen LogP contribution in [0.4, 0.5) is 5.69 Å². The van der Waals surface area contributed by atoms with E-state index in [0.29, 0.717) is 28.3 Å². The van der Waals surface area contributed by atoms with Crippen molar-refractivity contribution in [1.29, 1.82) is 0 Å². The molecule has 208 valence electrons. The number of pyridine rings is 1. The summed E-state index contributed by atoms with van der Waals surface area (Å²) in [5.41, 5.74) is 4.20. The predicted octanol–water partition coefficient (Wildman–Crippen LogP) is 4.45. The molecule has 11 nitrogen and oxygen atoms in total. The van der Waals surface area contributed by atoms with Crippen LogP contribution in [0.15, 0.2) is 97.5 Å². The van der Waals surface area contributed by atoms with Crippen molar-refractivity contribution < 1.29 is 19.1 Å². The first-order valence-electron chi connectivity index (χ1n) is 13.4. The lowest BCUT2D eigenvalue weighted by atomic mass is 10.0. The van der Waals surface area contributed by atoms with Crippen LogP contribution in [0, 0.1) is 0 Å². The van der Waals surface area contributed by atoms with Gasteiger partial charge in [0.05, 0.1) is 5.52 Å². The number of carbonyl (C=O) groups excluding carboxylic acids is 2. The van der Waals surface area contributed by atoms with E-state index in [1.54, 1.807) is 52.4 Å². The number of nitrogens with one attached hydrogen (secondary N) is 2. The third kappa shape index (κ3) is 4.77. The highest BCUT2D eigenvalue weighted by atomic mass is 16.7. The zero-order valence-electron chi connectivity index (χ0n) is 22.3. The SMILES string of the molecule is O=C(Nc1ccc2c(c1)OCO2)[C@@H](c1c[nH]c2ccccc12)N(Cc1cccnc1)C(=O)Cn1nnc2ccccc21. The molecule has 1 aliphatic heterocycles. The van der Waals surface area contributed by atoms with Crippen LogP contribution in [0.3, 0.4) is 0 Å². The molecule has 11 heteroatoms. The third-order valence-corrected chi connectivity index (χ3v) is 7.22. The van der Waals surface area contributed by atoms with Gasteiger partial charge < -0.3 is 24.7 Å². The van der Waals surface area contributed by atoms with Crippen molar-refractivity contribution in [1.82, 2.24) is 29.9 Å². The largest absolute Gasteiger partial charge is 0.454 e. The van der Waals surface area contributed by atoms with E-state index in [1.165, 1.54) is 0 Å². The number of amides is 2. The summed E-state index contributed by atoms with van der Waals surface area (Å²) in [5, 5.41) is 12.2. The van der Waals surface area contributed by atoms with Gasteiger partial charge in [0.15, 0.2) is 11.5 Å². The smallest absolute Gasteiger partial charge is 0.251 e. The lowest BCUT2D eigenvalue weighted by Gasteiger charge is -2.31. The molecule has 42 heavy (non-hydrogen) atoms. The van der Waals surface area contributed by atoms with Crippen molar-refractivity contribution >= 4 is 39.4 Å². The second kappa shape index (κ2) is 10.7. The van der Waals surface area contributed by atoms with Crippen LogP contribution >= 0.6 is 0 Å². The predicted molar refractivity (Wildman–Crippen MR) is 155 cm³/mol. The Balaban J connectivity index is 1.31. The lowest BCUT2D eigenvalue weighted by molar-refractivity contribution is -0.140. The van der Waals surface area contributed by atoms with Gasteiger partial charge in [-0.3, -0.25) is 14.6 Å². The Labute approximate surface area is 239 Å². The summed E-state index contributed by atoms with van der Waals surface area (Å²) in [6.45, 7) is 0.143. The number of fused-ring (bicyclic) bond motifs is 3. The molecule has 0 aliphatic carbocycles. The van der Waals surface area contributed by atoms with E-state index in [0.717, 1.165) is 22.0 Å². The first-order chi connectivity index (χ1) is 20.6. The molecular weight excluding hydrogens is 534 g/mol. The summed E-state index contributed by atoms with van der Waals surface area (Å²) in [4.78, 5) is 37.5. The molecule has 3 aromatic heterocycles. The van der Waals surface area contributed by atoms with Gasteiger partial charge in [-0.1, -0.05) is 41.6 Å². The number of H-pyrrole nitrogens is 1. The Hall–Kier alpha value is -5.71. The molecule has 7 rings (SSSR count). The van der Waals surface area contributed by atoms with Gasteiger partial charge in [-0.15, -0.1) is 5.10 Å². The fourth-order valence-electron chi connectivity index (χ4n) is 5.22. The first-order valence-corrected chi connectivity index (χ1v) is 13.4. The number of carbonyl (C=O) groups is 2. The first kappa shape index (κ1) is 25.3. The van der Waals surface area contributed by atoms with E-state index >= 15 is 0 Å². The molecule has 0 fully saturated rings. The van der Waals surface area contributed by atoms with Crippen LogP contribution in [0.5, 0.6) is 11.5 Å². The zero-order chi connectivity index (χ0) is 28.5. The maximum atomic E-state index is 14.3. The van der Waals surface area contributed by atoms with E-state index in [1.807, 2.05) is 54.6 Å². The Kier molecular flexibility index (Phi) is 6.43. The Bertz CT molecular complexity index is 1920. The normalized spacial score (nSPS) is 12.9. The van der Waals surface area contributed by atoms with Gasteiger partial charge >= 0.3 is 0 Å². The molecule has 6 aromatic rings. The van der Waals surface area contributed by atoms with Gasteiger partial charge in [-0.2, -0.15) is 0 Å². The maximum Gasteiger partial charge on any atom is 0.251 e. The summed E-state index contributed by atoms with van der Waals surface area (Å²) in [6, 6.07) is 23.0. The Morgan fingerprint density at radius 1 is 1.00 bits per heavy atom. The number of rotatable bonds is 8. The minimum absolute atomic E-state index is 0.114. The van der Waals surface area contributed by atoms with Crippen molar-refractivity contribution in [3.8, 4) is 11.5 Å². The molecule has 0 saturated carbocycles. The third-order valence-electron chi connectivity index (χ3n) is 7.22. The number of hydrogen-bond donors (Lipinski definition) is 2. The van der Waals surface area contributed by atoms with Crippen LogP contribution in [0.1, 0.15) is 17.2 Å². The minimum Gasteiger partial charge on any atom is -0.454 e.